The quantitative estimate of drug-likeness (QED) is 0.630. The summed E-state index contributed by atoms with van der Waals surface area (Å²) in [7, 11) is 0. The van der Waals surface area contributed by atoms with Crippen LogP contribution in [-0.2, 0) is 4.79 Å². The van der Waals surface area contributed by atoms with Crippen molar-refractivity contribution in [2.45, 2.75) is 32.2 Å². The van der Waals surface area contributed by atoms with E-state index in [-0.39, 0.29) is 0 Å². The predicted octanol–water partition coefficient (Wildman–Crippen LogP) is 0.592. The molecule has 0 spiro atoms. The summed E-state index contributed by atoms with van der Waals surface area (Å²) in [5, 5.41) is 0. The Labute approximate surface area is 73.9 Å². The summed E-state index contributed by atoms with van der Waals surface area (Å²) in [5.74, 6) is 0.631. The number of rotatable bonds is 3. The molecule has 1 aliphatic heterocycles. The normalized spacial score (nSPS) is 22.3. The van der Waals surface area contributed by atoms with Crippen LogP contribution in [0, 0.1) is 5.92 Å². The van der Waals surface area contributed by atoms with Crippen LogP contribution in [0.15, 0.2) is 0 Å². The number of hydrogen-bond acceptors (Lipinski definition) is 2. The highest BCUT2D eigenvalue weighted by atomic mass is 16.1. The third-order valence-electron chi connectivity index (χ3n) is 2.80. The van der Waals surface area contributed by atoms with Gasteiger partial charge in [-0.3, -0.25) is 4.79 Å². The monoisotopic (exact) mass is 170 g/mol. The Kier molecular flexibility index (Phi) is 3.53. The Morgan fingerprint density at radius 1 is 1.58 bits per heavy atom. The first-order valence-electron chi connectivity index (χ1n) is 4.72. The lowest BCUT2D eigenvalue weighted by Gasteiger charge is -2.32. The van der Waals surface area contributed by atoms with Gasteiger partial charge in [0.25, 0.3) is 0 Å². The molecule has 1 amide bonds. The minimum atomic E-state index is 0.332. The fraction of sp³-hybridized carbons (Fsp3) is 0.889. The summed E-state index contributed by atoms with van der Waals surface area (Å²) < 4.78 is 0. The molecule has 0 aromatic rings. The fourth-order valence-electron chi connectivity index (χ4n) is 1.79. The number of piperidine rings is 1. The van der Waals surface area contributed by atoms with E-state index in [1.54, 1.807) is 0 Å². The summed E-state index contributed by atoms with van der Waals surface area (Å²) in [5.41, 5.74) is 5.93. The first kappa shape index (κ1) is 9.52. The Morgan fingerprint density at radius 2 is 2.17 bits per heavy atom. The molecule has 1 fully saturated rings. The van der Waals surface area contributed by atoms with Gasteiger partial charge in [-0.25, -0.2) is 0 Å². The molecule has 1 atom stereocenters. The smallest absolute Gasteiger partial charge is 0.209 e. The molecule has 0 saturated carbocycles. The van der Waals surface area contributed by atoms with Gasteiger partial charge in [0, 0.05) is 19.1 Å². The van der Waals surface area contributed by atoms with Crippen molar-refractivity contribution in [1.29, 1.82) is 0 Å². The van der Waals surface area contributed by atoms with Crippen LogP contribution in [0.2, 0.25) is 0 Å². The lowest BCUT2D eigenvalue weighted by Crippen LogP contribution is -2.40. The molecular weight excluding hydrogens is 152 g/mol. The van der Waals surface area contributed by atoms with Gasteiger partial charge in [-0.2, -0.15) is 0 Å². The van der Waals surface area contributed by atoms with Gasteiger partial charge >= 0.3 is 0 Å². The van der Waals surface area contributed by atoms with Crippen molar-refractivity contribution >= 4 is 6.41 Å². The molecule has 2 N–H and O–H groups in total. The van der Waals surface area contributed by atoms with Gasteiger partial charge in [-0.05, 0) is 25.2 Å². The molecule has 1 rings (SSSR count). The number of carbonyl (C=O) groups is 1. The van der Waals surface area contributed by atoms with E-state index in [0.717, 1.165) is 38.8 Å². The molecule has 12 heavy (non-hydrogen) atoms. The Balaban J connectivity index is 2.30. The SMILES string of the molecule is CCC(N)C1CCN(C=O)CC1. The molecule has 1 heterocycles. The van der Waals surface area contributed by atoms with Crippen molar-refractivity contribution in [3.05, 3.63) is 0 Å². The Morgan fingerprint density at radius 3 is 2.58 bits per heavy atom. The first-order chi connectivity index (χ1) is 5.77. The van der Waals surface area contributed by atoms with Crippen LogP contribution in [0.3, 0.4) is 0 Å². The van der Waals surface area contributed by atoms with Crippen LogP contribution >= 0.6 is 0 Å². The van der Waals surface area contributed by atoms with E-state index < -0.39 is 0 Å². The van der Waals surface area contributed by atoms with Crippen LogP contribution in [0.1, 0.15) is 26.2 Å². The number of nitrogens with two attached hydrogens (primary N) is 1. The van der Waals surface area contributed by atoms with Crippen molar-refractivity contribution in [1.82, 2.24) is 4.90 Å². The average molecular weight is 170 g/mol. The van der Waals surface area contributed by atoms with Crippen LogP contribution in [-0.4, -0.2) is 30.4 Å². The molecule has 1 saturated heterocycles. The maximum atomic E-state index is 10.4. The van der Waals surface area contributed by atoms with E-state index in [9.17, 15) is 4.79 Å². The zero-order chi connectivity index (χ0) is 8.97. The van der Waals surface area contributed by atoms with E-state index in [2.05, 4.69) is 6.92 Å². The van der Waals surface area contributed by atoms with Crippen molar-refractivity contribution < 1.29 is 4.79 Å². The highest BCUT2D eigenvalue weighted by molar-refractivity contribution is 5.47. The predicted molar refractivity (Wildman–Crippen MR) is 48.6 cm³/mol. The zero-order valence-electron chi connectivity index (χ0n) is 7.70. The van der Waals surface area contributed by atoms with E-state index >= 15 is 0 Å². The topological polar surface area (TPSA) is 46.3 Å². The standard InChI is InChI=1S/C9H18N2O/c1-2-9(10)8-3-5-11(7-12)6-4-8/h7-9H,2-6,10H2,1H3. The van der Waals surface area contributed by atoms with Crippen LogP contribution < -0.4 is 5.73 Å². The fourth-order valence-corrected chi connectivity index (χ4v) is 1.79. The second kappa shape index (κ2) is 4.45. The molecule has 0 aliphatic carbocycles. The average Bonchev–Trinajstić information content (AvgIpc) is 2.17. The van der Waals surface area contributed by atoms with Gasteiger partial charge in [-0.1, -0.05) is 6.92 Å². The van der Waals surface area contributed by atoms with Crippen LogP contribution in [0.5, 0.6) is 0 Å². The lowest BCUT2D eigenvalue weighted by molar-refractivity contribution is -0.119. The largest absolute Gasteiger partial charge is 0.345 e. The second-order valence-corrected chi connectivity index (χ2v) is 3.55. The minimum Gasteiger partial charge on any atom is -0.345 e. The van der Waals surface area contributed by atoms with E-state index in [0.29, 0.717) is 12.0 Å². The van der Waals surface area contributed by atoms with Gasteiger partial charge in [0.2, 0.25) is 6.41 Å². The van der Waals surface area contributed by atoms with Crippen molar-refractivity contribution in [2.24, 2.45) is 11.7 Å². The van der Waals surface area contributed by atoms with Crippen molar-refractivity contribution in [3.8, 4) is 0 Å². The molecule has 70 valence electrons. The van der Waals surface area contributed by atoms with Gasteiger partial charge in [0.05, 0.1) is 0 Å². The van der Waals surface area contributed by atoms with Gasteiger partial charge < -0.3 is 10.6 Å². The molecule has 0 aromatic heterocycles. The maximum absolute atomic E-state index is 10.4. The van der Waals surface area contributed by atoms with E-state index in [1.807, 2.05) is 4.90 Å². The number of hydrogen-bond donors (Lipinski definition) is 1. The Bertz CT molecular complexity index is 141. The zero-order valence-corrected chi connectivity index (χ0v) is 7.70. The van der Waals surface area contributed by atoms with Crippen molar-refractivity contribution in [3.63, 3.8) is 0 Å². The van der Waals surface area contributed by atoms with E-state index in [1.165, 1.54) is 0 Å². The van der Waals surface area contributed by atoms with Gasteiger partial charge in [0.15, 0.2) is 0 Å². The minimum absolute atomic E-state index is 0.332. The van der Waals surface area contributed by atoms with E-state index in [4.69, 9.17) is 5.73 Å². The molecular formula is C9H18N2O. The van der Waals surface area contributed by atoms with Gasteiger partial charge in [0.1, 0.15) is 0 Å². The third-order valence-corrected chi connectivity index (χ3v) is 2.80. The third kappa shape index (κ3) is 2.21. The summed E-state index contributed by atoms with van der Waals surface area (Å²) in [4.78, 5) is 12.2. The van der Waals surface area contributed by atoms with Crippen LogP contribution in [0.25, 0.3) is 0 Å². The molecule has 0 radical (unpaired) electrons. The molecule has 1 unspecified atom stereocenters. The molecule has 0 aromatic carbocycles. The Hall–Kier alpha value is -0.570. The molecule has 1 aliphatic rings. The summed E-state index contributed by atoms with van der Waals surface area (Å²) >= 11 is 0. The lowest BCUT2D eigenvalue weighted by atomic mass is 9.89. The number of carbonyl (C=O) groups excluding carboxylic acids is 1. The summed E-state index contributed by atoms with van der Waals surface area (Å²) in [6.45, 7) is 3.90. The van der Waals surface area contributed by atoms with Crippen molar-refractivity contribution in [2.75, 3.05) is 13.1 Å². The highest BCUT2D eigenvalue weighted by Gasteiger charge is 2.21. The van der Waals surface area contributed by atoms with Crippen LogP contribution in [0.4, 0.5) is 0 Å². The number of nitrogens with zero attached hydrogens (tertiary/aromatic N) is 1. The maximum Gasteiger partial charge on any atom is 0.209 e. The first-order valence-corrected chi connectivity index (χ1v) is 4.72. The number of likely N-dealkylation sites (tertiary alicyclic amines) is 1. The van der Waals surface area contributed by atoms with Gasteiger partial charge in [-0.15, -0.1) is 0 Å². The second-order valence-electron chi connectivity index (χ2n) is 3.55. The number of amides is 1. The molecule has 3 nitrogen and oxygen atoms in total. The highest BCUT2D eigenvalue weighted by Crippen LogP contribution is 2.19. The summed E-state index contributed by atoms with van der Waals surface area (Å²) in [6.07, 6.45) is 4.14. The molecule has 3 heteroatoms. The molecule has 0 bridgehead atoms. The summed E-state index contributed by atoms with van der Waals surface area (Å²) in [6, 6.07) is 0.332.